The lowest BCUT2D eigenvalue weighted by molar-refractivity contribution is -0.0762. The third-order valence-electron chi connectivity index (χ3n) is 5.30. The van der Waals surface area contributed by atoms with Gasteiger partial charge in [-0.1, -0.05) is 30.3 Å². The third-order valence-corrected chi connectivity index (χ3v) is 5.57. The van der Waals surface area contributed by atoms with Gasteiger partial charge in [-0.15, -0.1) is 11.6 Å². The van der Waals surface area contributed by atoms with Gasteiger partial charge >= 0.3 is 5.69 Å². The summed E-state index contributed by atoms with van der Waals surface area (Å²) < 4.78 is 19.3. The number of aliphatic hydroxyl groups is 2. The van der Waals surface area contributed by atoms with Crippen molar-refractivity contribution in [3.63, 3.8) is 0 Å². The zero-order valence-electron chi connectivity index (χ0n) is 17.9. The average Bonchev–Trinajstić information content (AvgIpc) is 3.12. The smallest absolute Gasteiger partial charge is 0.335 e. The topological polar surface area (TPSA) is 112 Å². The standard InChI is InChI=1S/C22H29ClN2O7/c1-15-11-24(21-19(31-10-6-5-9-23)18(27)17(12-26)32-21)22(29)25(20(15)28)14-30-13-16-7-3-2-4-8-16/h2-4,7-8,11,17-19,21,26-27H,5-6,9-10,12-14H2,1H3/t17-,18-,19-,21-/m1/s1. The van der Waals surface area contributed by atoms with E-state index >= 15 is 0 Å². The van der Waals surface area contributed by atoms with Crippen LogP contribution in [0.5, 0.6) is 0 Å². The maximum atomic E-state index is 13.1. The summed E-state index contributed by atoms with van der Waals surface area (Å²) in [4.78, 5) is 25.7. The van der Waals surface area contributed by atoms with Crippen molar-refractivity contribution in [1.82, 2.24) is 9.13 Å². The summed E-state index contributed by atoms with van der Waals surface area (Å²) in [5, 5.41) is 20.1. The van der Waals surface area contributed by atoms with Crippen LogP contribution in [0.4, 0.5) is 0 Å². The van der Waals surface area contributed by atoms with Crippen molar-refractivity contribution in [3.8, 4) is 0 Å². The number of unbranched alkanes of at least 4 members (excludes halogenated alkanes) is 1. The Morgan fingerprint density at radius 3 is 2.62 bits per heavy atom. The lowest BCUT2D eigenvalue weighted by Crippen LogP contribution is -2.45. The lowest BCUT2D eigenvalue weighted by atomic mass is 10.1. The second kappa shape index (κ2) is 11.7. The molecule has 2 heterocycles. The predicted molar refractivity (Wildman–Crippen MR) is 118 cm³/mol. The minimum absolute atomic E-state index is 0.234. The molecule has 1 saturated heterocycles. The Balaban J connectivity index is 1.83. The highest BCUT2D eigenvalue weighted by atomic mass is 35.5. The van der Waals surface area contributed by atoms with Gasteiger partial charge in [0, 0.05) is 24.2 Å². The zero-order valence-corrected chi connectivity index (χ0v) is 18.7. The zero-order chi connectivity index (χ0) is 23.1. The van der Waals surface area contributed by atoms with Crippen molar-refractivity contribution in [2.75, 3.05) is 19.1 Å². The second-order valence-electron chi connectivity index (χ2n) is 7.67. The Kier molecular flexibility index (Phi) is 9.03. The fourth-order valence-electron chi connectivity index (χ4n) is 3.57. The van der Waals surface area contributed by atoms with E-state index in [1.807, 2.05) is 30.3 Å². The first-order chi connectivity index (χ1) is 15.5. The first kappa shape index (κ1) is 24.6. The monoisotopic (exact) mass is 468 g/mol. The third kappa shape index (κ3) is 5.67. The Morgan fingerprint density at radius 2 is 1.94 bits per heavy atom. The molecule has 0 aliphatic carbocycles. The maximum absolute atomic E-state index is 13.1. The van der Waals surface area contributed by atoms with Crippen LogP contribution in [0.2, 0.25) is 0 Å². The molecule has 1 aromatic carbocycles. The maximum Gasteiger partial charge on any atom is 0.335 e. The number of alkyl halides is 1. The molecule has 2 N–H and O–H groups in total. The summed E-state index contributed by atoms with van der Waals surface area (Å²) in [7, 11) is 0. The number of hydrogen-bond donors (Lipinski definition) is 2. The van der Waals surface area contributed by atoms with Gasteiger partial charge in [0.2, 0.25) is 0 Å². The van der Waals surface area contributed by atoms with Crippen molar-refractivity contribution in [3.05, 3.63) is 68.5 Å². The molecule has 10 heteroatoms. The Bertz CT molecular complexity index is 978. The Labute approximate surface area is 190 Å². The van der Waals surface area contributed by atoms with Crippen LogP contribution in [-0.2, 0) is 27.5 Å². The first-order valence-corrected chi connectivity index (χ1v) is 11.1. The molecule has 176 valence electrons. The number of benzene rings is 1. The van der Waals surface area contributed by atoms with Gasteiger partial charge in [0.05, 0.1) is 13.2 Å². The number of hydrogen-bond acceptors (Lipinski definition) is 7. The van der Waals surface area contributed by atoms with Crippen molar-refractivity contribution in [2.24, 2.45) is 0 Å². The van der Waals surface area contributed by atoms with Gasteiger partial charge < -0.3 is 24.4 Å². The lowest BCUT2D eigenvalue weighted by Gasteiger charge is -2.23. The molecule has 0 unspecified atom stereocenters. The van der Waals surface area contributed by atoms with Crippen molar-refractivity contribution in [1.29, 1.82) is 0 Å². The molecule has 0 radical (unpaired) electrons. The Hall–Kier alpha value is -2.01. The number of aromatic nitrogens is 2. The number of ether oxygens (including phenoxy) is 3. The highest BCUT2D eigenvalue weighted by Crippen LogP contribution is 2.31. The fourth-order valence-corrected chi connectivity index (χ4v) is 3.76. The molecule has 1 aliphatic heterocycles. The van der Waals surface area contributed by atoms with Gasteiger partial charge in [-0.3, -0.25) is 9.36 Å². The van der Waals surface area contributed by atoms with Gasteiger partial charge in [-0.05, 0) is 25.3 Å². The molecule has 0 amide bonds. The molecular weight excluding hydrogens is 440 g/mol. The minimum atomic E-state index is -1.14. The van der Waals surface area contributed by atoms with Crippen LogP contribution in [0.1, 0.15) is 30.2 Å². The quantitative estimate of drug-likeness (QED) is 0.375. The molecule has 32 heavy (non-hydrogen) atoms. The minimum Gasteiger partial charge on any atom is -0.394 e. The molecule has 1 fully saturated rings. The molecule has 1 aromatic heterocycles. The van der Waals surface area contributed by atoms with Crippen molar-refractivity contribution in [2.45, 2.75) is 57.6 Å². The summed E-state index contributed by atoms with van der Waals surface area (Å²) in [5.41, 5.74) is 0.0845. The second-order valence-corrected chi connectivity index (χ2v) is 8.05. The first-order valence-electron chi connectivity index (χ1n) is 10.5. The highest BCUT2D eigenvalue weighted by Gasteiger charge is 2.45. The van der Waals surface area contributed by atoms with E-state index in [-0.39, 0.29) is 13.3 Å². The number of nitrogens with zero attached hydrogens (tertiary/aromatic N) is 2. The van der Waals surface area contributed by atoms with Gasteiger partial charge in [0.25, 0.3) is 5.56 Å². The normalized spacial score (nSPS) is 23.0. The molecule has 2 aromatic rings. The molecule has 0 bridgehead atoms. The van der Waals surface area contributed by atoms with Crippen LogP contribution in [-0.4, -0.2) is 56.8 Å². The summed E-state index contributed by atoms with van der Waals surface area (Å²) in [6.45, 7) is 1.44. The van der Waals surface area contributed by atoms with E-state index in [1.54, 1.807) is 6.92 Å². The number of rotatable bonds is 11. The van der Waals surface area contributed by atoms with E-state index in [2.05, 4.69) is 0 Å². The molecule has 3 rings (SSSR count). The molecule has 0 saturated carbocycles. The van der Waals surface area contributed by atoms with Crippen molar-refractivity contribution < 1.29 is 24.4 Å². The van der Waals surface area contributed by atoms with E-state index in [4.69, 9.17) is 25.8 Å². The van der Waals surface area contributed by atoms with E-state index < -0.39 is 42.4 Å². The van der Waals surface area contributed by atoms with Crippen LogP contribution in [0.3, 0.4) is 0 Å². The van der Waals surface area contributed by atoms with Crippen LogP contribution >= 0.6 is 11.6 Å². The summed E-state index contributed by atoms with van der Waals surface area (Å²) in [5.74, 6) is 0.488. The van der Waals surface area contributed by atoms with Crippen LogP contribution in [0.15, 0.2) is 46.1 Å². The van der Waals surface area contributed by atoms with Gasteiger partial charge in [-0.25, -0.2) is 9.36 Å². The number of aliphatic hydroxyl groups excluding tert-OH is 2. The summed E-state index contributed by atoms with van der Waals surface area (Å²) in [6, 6.07) is 9.39. The molecule has 4 atom stereocenters. The Morgan fingerprint density at radius 1 is 1.19 bits per heavy atom. The fraction of sp³-hybridized carbons (Fsp3) is 0.545. The van der Waals surface area contributed by atoms with Crippen LogP contribution in [0, 0.1) is 6.92 Å². The molecule has 1 aliphatic rings. The molecule has 0 spiro atoms. The van der Waals surface area contributed by atoms with Crippen LogP contribution < -0.4 is 11.2 Å². The number of aryl methyl sites for hydroxylation is 1. The SMILES string of the molecule is Cc1cn([C@@H]2O[C@H](CO)[C@@H](O)[C@H]2OCCCCCl)c(=O)n(COCc2ccccc2)c1=O. The molecule has 9 nitrogen and oxygen atoms in total. The molecular formula is C22H29ClN2O7. The van der Waals surface area contributed by atoms with E-state index in [0.29, 0.717) is 24.5 Å². The van der Waals surface area contributed by atoms with E-state index in [1.165, 1.54) is 10.8 Å². The van der Waals surface area contributed by atoms with E-state index in [9.17, 15) is 19.8 Å². The van der Waals surface area contributed by atoms with Gasteiger partial charge in [0.15, 0.2) is 6.23 Å². The van der Waals surface area contributed by atoms with Gasteiger partial charge in [0.1, 0.15) is 25.0 Å². The van der Waals surface area contributed by atoms with Crippen molar-refractivity contribution >= 4 is 11.6 Å². The number of halogens is 1. The van der Waals surface area contributed by atoms with Crippen LogP contribution in [0.25, 0.3) is 0 Å². The predicted octanol–water partition coefficient (Wildman–Crippen LogP) is 1.15. The average molecular weight is 469 g/mol. The largest absolute Gasteiger partial charge is 0.394 e. The summed E-state index contributed by atoms with van der Waals surface area (Å²) >= 11 is 5.69. The van der Waals surface area contributed by atoms with Gasteiger partial charge in [-0.2, -0.15) is 0 Å². The van der Waals surface area contributed by atoms with E-state index in [0.717, 1.165) is 16.6 Å². The summed E-state index contributed by atoms with van der Waals surface area (Å²) in [6.07, 6.45) is -1.17. The highest BCUT2D eigenvalue weighted by molar-refractivity contribution is 6.17.